The van der Waals surface area contributed by atoms with Crippen LogP contribution in [-0.2, 0) is 4.74 Å². The van der Waals surface area contributed by atoms with E-state index in [1.807, 2.05) is 36.6 Å². The summed E-state index contributed by atoms with van der Waals surface area (Å²) in [6.45, 7) is 2.70. The first-order valence-corrected chi connectivity index (χ1v) is 9.09. The number of anilines is 1. The largest absolute Gasteiger partial charge is 0.481 e. The average Bonchev–Trinajstić information content (AvgIpc) is 3.16. The lowest BCUT2D eigenvalue weighted by Crippen LogP contribution is -2.35. The van der Waals surface area contributed by atoms with Gasteiger partial charge in [0.1, 0.15) is 0 Å². The average molecular weight is 367 g/mol. The topological polar surface area (TPSA) is 80.2 Å². The fourth-order valence-electron chi connectivity index (χ4n) is 2.69. The van der Waals surface area contributed by atoms with Crippen molar-refractivity contribution in [1.82, 2.24) is 19.9 Å². The van der Waals surface area contributed by atoms with Gasteiger partial charge in [0.2, 0.25) is 5.95 Å². The van der Waals surface area contributed by atoms with Gasteiger partial charge in [-0.05, 0) is 36.6 Å². The molecule has 3 aromatic heterocycles. The molecule has 1 atom stereocenters. The van der Waals surface area contributed by atoms with Crippen LogP contribution in [0, 0.1) is 0 Å². The summed E-state index contributed by atoms with van der Waals surface area (Å²) in [5.41, 5.74) is 2.01. The second kappa shape index (κ2) is 7.09. The number of pyridine rings is 1. The van der Waals surface area contributed by atoms with Crippen molar-refractivity contribution in [2.75, 3.05) is 18.6 Å². The summed E-state index contributed by atoms with van der Waals surface area (Å²) in [6.07, 6.45) is 5.15. The van der Waals surface area contributed by atoms with Crippen molar-refractivity contribution in [3.8, 4) is 0 Å². The van der Waals surface area contributed by atoms with Crippen molar-refractivity contribution in [3.05, 3.63) is 59.6 Å². The number of hydrogen-bond donors (Lipinski definition) is 1. The molecular formula is C18H17N5O2S. The Hall–Kier alpha value is -3.00. The molecule has 1 amide bonds. The molecule has 0 fully saturated rings. The molecule has 3 aromatic rings. The highest BCUT2D eigenvalue weighted by Gasteiger charge is 2.23. The summed E-state index contributed by atoms with van der Waals surface area (Å²) in [7, 11) is 0. The van der Waals surface area contributed by atoms with E-state index < -0.39 is 0 Å². The molecule has 4 heterocycles. The van der Waals surface area contributed by atoms with Crippen molar-refractivity contribution in [3.63, 3.8) is 0 Å². The van der Waals surface area contributed by atoms with Gasteiger partial charge >= 0.3 is 0 Å². The minimum absolute atomic E-state index is 0.0866. The molecular weight excluding hydrogens is 350 g/mol. The Kier molecular flexibility index (Phi) is 4.49. The van der Waals surface area contributed by atoms with Crippen molar-refractivity contribution in [1.29, 1.82) is 0 Å². The fraction of sp³-hybridized carbons (Fsp3) is 0.222. The summed E-state index contributed by atoms with van der Waals surface area (Å²) in [5.74, 6) is 0.239. The molecule has 0 saturated carbocycles. The van der Waals surface area contributed by atoms with Gasteiger partial charge in [0.25, 0.3) is 5.91 Å². The molecule has 7 nitrogen and oxygen atoms in total. The minimum atomic E-state index is -0.169. The standard InChI is InChI=1S/C18H17N5O2S/c1-12(13-5-2-3-7-19-13)20-18-21-14-6-10-26-16(14)15(22-18)17(24)23-8-4-9-25-11-23/h2-7,9-10,12H,8,11H2,1H3,(H,20,21,22)/t12-/m0/s1. The first-order valence-electron chi connectivity index (χ1n) is 8.21. The molecule has 0 unspecified atom stereocenters. The van der Waals surface area contributed by atoms with E-state index in [2.05, 4.69) is 20.3 Å². The molecule has 1 aliphatic rings. The van der Waals surface area contributed by atoms with Crippen LogP contribution in [-0.4, -0.2) is 39.0 Å². The van der Waals surface area contributed by atoms with Crippen LogP contribution in [0.5, 0.6) is 0 Å². The molecule has 0 aliphatic carbocycles. The first kappa shape index (κ1) is 16.5. The summed E-state index contributed by atoms with van der Waals surface area (Å²) in [4.78, 5) is 27.9. The smallest absolute Gasteiger partial charge is 0.277 e. The van der Waals surface area contributed by atoms with Crippen LogP contribution in [0.25, 0.3) is 10.2 Å². The number of amides is 1. The van der Waals surface area contributed by atoms with E-state index in [9.17, 15) is 4.79 Å². The van der Waals surface area contributed by atoms with Crippen LogP contribution in [0.3, 0.4) is 0 Å². The molecule has 0 bridgehead atoms. The van der Waals surface area contributed by atoms with E-state index in [4.69, 9.17) is 4.74 Å². The highest BCUT2D eigenvalue weighted by Crippen LogP contribution is 2.26. The predicted molar refractivity (Wildman–Crippen MR) is 99.8 cm³/mol. The second-order valence-corrected chi connectivity index (χ2v) is 6.76. The number of aromatic nitrogens is 3. The van der Waals surface area contributed by atoms with Crippen molar-refractivity contribution >= 4 is 33.4 Å². The van der Waals surface area contributed by atoms with Gasteiger partial charge in [-0.25, -0.2) is 9.97 Å². The van der Waals surface area contributed by atoms with Crippen molar-refractivity contribution < 1.29 is 9.53 Å². The van der Waals surface area contributed by atoms with E-state index in [1.165, 1.54) is 11.3 Å². The third-order valence-corrected chi connectivity index (χ3v) is 4.93. The first-order chi connectivity index (χ1) is 12.7. The van der Waals surface area contributed by atoms with Crippen LogP contribution >= 0.6 is 11.3 Å². The molecule has 1 aliphatic heterocycles. The monoisotopic (exact) mass is 367 g/mol. The van der Waals surface area contributed by atoms with Crippen molar-refractivity contribution in [2.45, 2.75) is 13.0 Å². The van der Waals surface area contributed by atoms with Gasteiger partial charge in [0.05, 0.1) is 28.2 Å². The van der Waals surface area contributed by atoms with E-state index in [-0.39, 0.29) is 18.7 Å². The molecule has 132 valence electrons. The Morgan fingerprint density at radius 1 is 1.35 bits per heavy atom. The Morgan fingerprint density at radius 2 is 2.27 bits per heavy atom. The lowest BCUT2D eigenvalue weighted by atomic mass is 10.2. The number of nitrogens with one attached hydrogen (secondary N) is 1. The van der Waals surface area contributed by atoms with Crippen LogP contribution in [0.4, 0.5) is 5.95 Å². The molecule has 0 spiro atoms. The van der Waals surface area contributed by atoms with E-state index in [0.29, 0.717) is 18.2 Å². The lowest BCUT2D eigenvalue weighted by Gasteiger charge is -2.23. The number of hydrogen-bond acceptors (Lipinski definition) is 7. The van der Waals surface area contributed by atoms with Crippen LogP contribution in [0.2, 0.25) is 0 Å². The zero-order valence-corrected chi connectivity index (χ0v) is 14.9. The minimum Gasteiger partial charge on any atom is -0.481 e. The maximum absolute atomic E-state index is 12.9. The lowest BCUT2D eigenvalue weighted by molar-refractivity contribution is 0.0489. The van der Waals surface area contributed by atoms with Crippen molar-refractivity contribution in [2.24, 2.45) is 0 Å². The molecule has 4 rings (SSSR count). The Morgan fingerprint density at radius 3 is 3.04 bits per heavy atom. The Bertz CT molecular complexity index is 957. The third kappa shape index (κ3) is 3.23. The van der Waals surface area contributed by atoms with Crippen LogP contribution in [0.15, 0.2) is 48.2 Å². The maximum Gasteiger partial charge on any atom is 0.277 e. The summed E-state index contributed by atoms with van der Waals surface area (Å²) in [5, 5.41) is 5.15. The number of carbonyl (C=O) groups is 1. The van der Waals surface area contributed by atoms with Gasteiger partial charge in [-0.2, -0.15) is 0 Å². The number of fused-ring (bicyclic) bond motifs is 1. The third-order valence-electron chi connectivity index (χ3n) is 4.02. The van der Waals surface area contributed by atoms with E-state index in [1.54, 1.807) is 23.4 Å². The van der Waals surface area contributed by atoms with Gasteiger partial charge in [0.15, 0.2) is 12.4 Å². The molecule has 0 radical (unpaired) electrons. The normalized spacial score (nSPS) is 14.9. The maximum atomic E-state index is 12.9. The van der Waals surface area contributed by atoms with Gasteiger partial charge in [-0.15, -0.1) is 11.3 Å². The highest BCUT2D eigenvalue weighted by atomic mass is 32.1. The van der Waals surface area contributed by atoms with Gasteiger partial charge in [-0.3, -0.25) is 9.78 Å². The molecule has 8 heteroatoms. The highest BCUT2D eigenvalue weighted by molar-refractivity contribution is 7.17. The number of carbonyl (C=O) groups excluding carboxylic acids is 1. The van der Waals surface area contributed by atoms with Crippen LogP contribution in [0.1, 0.15) is 29.1 Å². The molecule has 26 heavy (non-hydrogen) atoms. The summed E-state index contributed by atoms with van der Waals surface area (Å²) < 4.78 is 6.01. The number of thiophene rings is 1. The Balaban J connectivity index is 1.66. The zero-order valence-electron chi connectivity index (χ0n) is 14.1. The quantitative estimate of drug-likeness (QED) is 0.763. The summed E-state index contributed by atoms with van der Waals surface area (Å²) in [6, 6.07) is 7.54. The number of nitrogens with zero attached hydrogens (tertiary/aromatic N) is 4. The fourth-order valence-corrected chi connectivity index (χ4v) is 3.50. The van der Waals surface area contributed by atoms with Gasteiger partial charge in [-0.1, -0.05) is 6.07 Å². The van der Waals surface area contributed by atoms with Crippen LogP contribution < -0.4 is 5.32 Å². The predicted octanol–water partition coefficient (Wildman–Crippen LogP) is 3.20. The Labute approximate surface area is 154 Å². The van der Waals surface area contributed by atoms with E-state index in [0.717, 1.165) is 15.9 Å². The summed E-state index contributed by atoms with van der Waals surface area (Å²) >= 11 is 1.46. The number of ether oxygens (including phenoxy) is 1. The van der Waals surface area contributed by atoms with Gasteiger partial charge < -0.3 is 15.0 Å². The zero-order chi connectivity index (χ0) is 17.9. The molecule has 0 aromatic carbocycles. The SMILES string of the molecule is C[C@H](Nc1nc(C(=O)N2CC=COC2)c2sccc2n1)c1ccccn1. The van der Waals surface area contributed by atoms with Gasteiger partial charge in [0, 0.05) is 12.7 Å². The van der Waals surface area contributed by atoms with E-state index >= 15 is 0 Å². The number of rotatable bonds is 4. The molecule has 1 N–H and O–H groups in total. The molecule has 0 saturated heterocycles. The second-order valence-electron chi connectivity index (χ2n) is 5.85.